The molecule has 1 aliphatic rings. The normalized spacial score (nSPS) is 16.1. The lowest BCUT2D eigenvalue weighted by Crippen LogP contribution is -2.34. The van der Waals surface area contributed by atoms with Crippen molar-refractivity contribution < 1.29 is 9.59 Å². The van der Waals surface area contributed by atoms with Gasteiger partial charge in [-0.25, -0.2) is 0 Å². The van der Waals surface area contributed by atoms with Crippen molar-refractivity contribution in [2.45, 2.75) is 72.9 Å². The van der Waals surface area contributed by atoms with Gasteiger partial charge in [-0.1, -0.05) is 33.1 Å². The van der Waals surface area contributed by atoms with E-state index >= 15 is 0 Å². The van der Waals surface area contributed by atoms with Crippen molar-refractivity contribution in [1.29, 1.82) is 0 Å². The topological polar surface area (TPSA) is 81.3 Å². The molecule has 2 aromatic rings. The Kier molecular flexibility index (Phi) is 9.06. The molecule has 1 aromatic heterocycles. The molecule has 0 saturated heterocycles. The summed E-state index contributed by atoms with van der Waals surface area (Å²) < 4.78 is 0. The molecular formula is C26H39N5O2. The van der Waals surface area contributed by atoms with E-state index in [1.54, 1.807) is 6.92 Å². The first-order valence-electron chi connectivity index (χ1n) is 12.3. The molecule has 2 N–H and O–H groups in total. The number of aryl methyl sites for hydroxylation is 1. The molecule has 0 unspecified atom stereocenters. The van der Waals surface area contributed by atoms with Crippen LogP contribution in [-0.4, -0.2) is 46.5 Å². The van der Waals surface area contributed by atoms with Crippen LogP contribution in [0.25, 0.3) is 0 Å². The summed E-state index contributed by atoms with van der Waals surface area (Å²) in [6, 6.07) is 7.67. The Morgan fingerprint density at radius 3 is 2.48 bits per heavy atom. The molecule has 0 bridgehead atoms. The lowest BCUT2D eigenvalue weighted by molar-refractivity contribution is -0.116. The Hall–Kier alpha value is -2.67. The van der Waals surface area contributed by atoms with Crippen molar-refractivity contribution in [2.75, 3.05) is 24.5 Å². The molecule has 7 heteroatoms. The van der Waals surface area contributed by atoms with E-state index in [9.17, 15) is 9.59 Å². The number of hydrogen-bond acceptors (Lipinski definition) is 4. The second kappa shape index (κ2) is 12.0. The van der Waals surface area contributed by atoms with E-state index in [1.807, 2.05) is 36.1 Å². The van der Waals surface area contributed by atoms with Gasteiger partial charge in [0.05, 0.1) is 12.2 Å². The fraction of sp³-hybridized carbons (Fsp3) is 0.577. The van der Waals surface area contributed by atoms with Gasteiger partial charge in [0, 0.05) is 43.5 Å². The molecule has 180 valence electrons. The molecule has 1 aliphatic heterocycles. The predicted octanol–water partition coefficient (Wildman–Crippen LogP) is 4.42. The third kappa shape index (κ3) is 7.42. The number of benzene rings is 1. The number of H-pyrrole nitrogens is 1. The zero-order valence-electron chi connectivity index (χ0n) is 20.6. The smallest absolute Gasteiger partial charge is 0.251 e. The predicted molar refractivity (Wildman–Crippen MR) is 132 cm³/mol. The van der Waals surface area contributed by atoms with Gasteiger partial charge >= 0.3 is 0 Å². The minimum atomic E-state index is -0.130. The maximum atomic E-state index is 12.9. The van der Waals surface area contributed by atoms with Crippen molar-refractivity contribution in [1.82, 2.24) is 20.4 Å². The molecule has 3 rings (SSSR count). The Labute approximate surface area is 197 Å². The highest BCUT2D eigenvalue weighted by Crippen LogP contribution is 2.26. The summed E-state index contributed by atoms with van der Waals surface area (Å²) in [4.78, 5) is 29.8. The third-order valence-electron chi connectivity index (χ3n) is 6.07. The maximum Gasteiger partial charge on any atom is 0.251 e. The van der Waals surface area contributed by atoms with Crippen molar-refractivity contribution in [2.24, 2.45) is 5.92 Å². The Morgan fingerprint density at radius 2 is 1.82 bits per heavy atom. The highest BCUT2D eigenvalue weighted by Gasteiger charge is 2.20. The van der Waals surface area contributed by atoms with Gasteiger partial charge in [-0.2, -0.15) is 5.10 Å². The van der Waals surface area contributed by atoms with E-state index in [4.69, 9.17) is 0 Å². The Bertz CT molecular complexity index is 937. The molecule has 0 fully saturated rings. The third-order valence-corrected chi connectivity index (χ3v) is 6.07. The van der Waals surface area contributed by atoms with Crippen LogP contribution in [0.3, 0.4) is 0 Å². The number of rotatable bonds is 5. The van der Waals surface area contributed by atoms with Gasteiger partial charge in [0.2, 0.25) is 5.91 Å². The SMILES string of the molecule is CC(=O)N1CCCCCCCN(CC(C)C)Cc2cc(C(=O)NCc3cc(C)[nH]n3)ccc21. The Balaban J connectivity index is 1.88. The van der Waals surface area contributed by atoms with Gasteiger partial charge in [-0.3, -0.25) is 19.6 Å². The first-order valence-corrected chi connectivity index (χ1v) is 12.3. The molecule has 7 nitrogen and oxygen atoms in total. The number of hydrogen-bond donors (Lipinski definition) is 2. The number of nitrogens with zero attached hydrogens (tertiary/aromatic N) is 3. The molecule has 1 aromatic carbocycles. The number of amides is 2. The van der Waals surface area contributed by atoms with Gasteiger partial charge in [0.15, 0.2) is 0 Å². The fourth-order valence-electron chi connectivity index (χ4n) is 4.53. The van der Waals surface area contributed by atoms with Crippen LogP contribution in [0.5, 0.6) is 0 Å². The highest BCUT2D eigenvalue weighted by molar-refractivity contribution is 5.97. The van der Waals surface area contributed by atoms with E-state index in [1.165, 1.54) is 19.3 Å². The van der Waals surface area contributed by atoms with Gasteiger partial charge in [-0.05, 0) is 62.1 Å². The fourth-order valence-corrected chi connectivity index (χ4v) is 4.53. The zero-order chi connectivity index (χ0) is 23.8. The first-order chi connectivity index (χ1) is 15.8. The molecule has 0 radical (unpaired) electrons. The molecule has 0 atom stereocenters. The van der Waals surface area contributed by atoms with E-state index in [0.717, 1.165) is 61.7 Å². The van der Waals surface area contributed by atoms with Crippen LogP contribution >= 0.6 is 0 Å². The lowest BCUT2D eigenvalue weighted by atomic mass is 10.0. The van der Waals surface area contributed by atoms with Gasteiger partial charge < -0.3 is 10.2 Å². The van der Waals surface area contributed by atoms with Crippen LogP contribution in [0.2, 0.25) is 0 Å². The highest BCUT2D eigenvalue weighted by atomic mass is 16.2. The Morgan fingerprint density at radius 1 is 1.09 bits per heavy atom. The van der Waals surface area contributed by atoms with Crippen molar-refractivity contribution in [3.8, 4) is 0 Å². The summed E-state index contributed by atoms with van der Waals surface area (Å²) in [6.45, 7) is 11.9. The summed E-state index contributed by atoms with van der Waals surface area (Å²) in [5.41, 5.74) is 4.35. The summed E-state index contributed by atoms with van der Waals surface area (Å²) in [6.07, 6.45) is 5.75. The number of nitrogens with one attached hydrogen (secondary N) is 2. The average Bonchev–Trinajstić information content (AvgIpc) is 3.17. The monoisotopic (exact) mass is 453 g/mol. The van der Waals surface area contributed by atoms with Crippen LogP contribution < -0.4 is 10.2 Å². The second-order valence-corrected chi connectivity index (χ2v) is 9.64. The zero-order valence-corrected chi connectivity index (χ0v) is 20.6. The first kappa shape index (κ1) is 25.0. The summed E-state index contributed by atoms with van der Waals surface area (Å²) in [5.74, 6) is 0.471. The van der Waals surface area contributed by atoms with Crippen LogP contribution in [0.15, 0.2) is 24.3 Å². The van der Waals surface area contributed by atoms with E-state index in [2.05, 4.69) is 34.3 Å². The van der Waals surface area contributed by atoms with Crippen LogP contribution in [-0.2, 0) is 17.9 Å². The number of fused-ring (bicyclic) bond motifs is 1. The number of carbonyl (C=O) groups is 2. The molecule has 33 heavy (non-hydrogen) atoms. The summed E-state index contributed by atoms with van der Waals surface area (Å²) in [7, 11) is 0. The standard InChI is InChI=1S/C26H39N5O2/c1-19(2)17-30-12-8-6-5-7-9-13-31(21(4)32)25-11-10-22(15-23(25)18-30)26(33)27-16-24-14-20(3)28-29-24/h10-11,14-15,19H,5-9,12-13,16-18H2,1-4H3,(H,27,33)(H,28,29). The number of anilines is 1. The summed E-state index contributed by atoms with van der Waals surface area (Å²) in [5, 5.41) is 10.1. The molecule has 0 saturated carbocycles. The van der Waals surface area contributed by atoms with Crippen molar-refractivity contribution >= 4 is 17.5 Å². The quantitative estimate of drug-likeness (QED) is 0.702. The molecule has 2 heterocycles. The van der Waals surface area contributed by atoms with Gasteiger partial charge in [-0.15, -0.1) is 0 Å². The van der Waals surface area contributed by atoms with Gasteiger partial charge in [0.1, 0.15) is 0 Å². The molecule has 0 spiro atoms. The summed E-state index contributed by atoms with van der Waals surface area (Å²) >= 11 is 0. The molecular weight excluding hydrogens is 414 g/mol. The lowest BCUT2D eigenvalue weighted by Gasteiger charge is -2.30. The molecule has 2 amide bonds. The van der Waals surface area contributed by atoms with E-state index < -0.39 is 0 Å². The minimum absolute atomic E-state index is 0.0508. The van der Waals surface area contributed by atoms with Crippen LogP contribution in [0.4, 0.5) is 5.69 Å². The second-order valence-electron chi connectivity index (χ2n) is 9.64. The number of carbonyl (C=O) groups excluding carboxylic acids is 2. The van der Waals surface area contributed by atoms with Crippen LogP contribution in [0.1, 0.15) is 80.2 Å². The number of aromatic nitrogens is 2. The van der Waals surface area contributed by atoms with Crippen molar-refractivity contribution in [3.05, 3.63) is 46.8 Å². The number of aromatic amines is 1. The van der Waals surface area contributed by atoms with Crippen molar-refractivity contribution in [3.63, 3.8) is 0 Å². The largest absolute Gasteiger partial charge is 0.346 e. The molecule has 0 aliphatic carbocycles. The van der Waals surface area contributed by atoms with Gasteiger partial charge in [0.25, 0.3) is 5.91 Å². The minimum Gasteiger partial charge on any atom is -0.346 e. The van der Waals surface area contributed by atoms with E-state index in [0.29, 0.717) is 18.0 Å². The van der Waals surface area contributed by atoms with E-state index in [-0.39, 0.29) is 11.8 Å². The van der Waals surface area contributed by atoms with Crippen LogP contribution in [0, 0.1) is 12.8 Å². The maximum absolute atomic E-state index is 12.9. The average molecular weight is 454 g/mol.